The van der Waals surface area contributed by atoms with E-state index >= 15 is 0 Å². The lowest BCUT2D eigenvalue weighted by Crippen LogP contribution is -2.45. The lowest BCUT2D eigenvalue weighted by atomic mass is 10.2. The quantitative estimate of drug-likeness (QED) is 0.831. The molecule has 0 N–H and O–H groups in total. The number of ether oxygens (including phenoxy) is 1. The molecule has 0 radical (unpaired) electrons. The van der Waals surface area contributed by atoms with Crippen LogP contribution in [0.2, 0.25) is 0 Å². The largest absolute Gasteiger partial charge is 0.452 e. The van der Waals surface area contributed by atoms with E-state index in [-0.39, 0.29) is 16.2 Å². The zero-order valence-corrected chi connectivity index (χ0v) is 12.3. The summed E-state index contributed by atoms with van der Waals surface area (Å²) in [7, 11) is 1.18. The van der Waals surface area contributed by atoms with Crippen molar-refractivity contribution in [3.05, 3.63) is 31.0 Å². The van der Waals surface area contributed by atoms with Gasteiger partial charge in [-0.3, -0.25) is 9.36 Å². The average molecular weight is 319 g/mol. The third kappa shape index (κ3) is 2.27. The zero-order valence-electron chi connectivity index (χ0n) is 10.7. The fourth-order valence-electron chi connectivity index (χ4n) is 1.57. The minimum atomic E-state index is -0.810. The van der Waals surface area contributed by atoms with Crippen molar-refractivity contribution >= 4 is 22.0 Å². The molecule has 1 aromatic rings. The highest BCUT2D eigenvalue weighted by Gasteiger charge is 2.21. The van der Waals surface area contributed by atoms with Crippen molar-refractivity contribution < 1.29 is 9.53 Å². The molecule has 0 fully saturated rings. The Hall–Kier alpha value is -1.37. The van der Waals surface area contributed by atoms with Crippen LogP contribution in [0.1, 0.15) is 32.0 Å². The first-order chi connectivity index (χ1) is 8.36. The molecule has 100 valence electrons. The number of rotatable bonds is 2. The summed E-state index contributed by atoms with van der Waals surface area (Å²) in [4.78, 5) is 35.8. The summed E-state index contributed by atoms with van der Waals surface area (Å²) < 4.78 is 6.63. The standard InChI is InChI=1S/C11H15BrN2O4/c1-5-6(2)13-9(15)8(12)7(3)14(10(13)16)11(17)18-4/h6H,5H2,1-4H3. The summed E-state index contributed by atoms with van der Waals surface area (Å²) in [6.07, 6.45) is -0.207. The molecule has 0 aromatic carbocycles. The Bertz CT molecular complexity index is 588. The van der Waals surface area contributed by atoms with Crippen LogP contribution in [0.5, 0.6) is 0 Å². The number of hydrogen-bond acceptors (Lipinski definition) is 4. The number of halogens is 1. The fraction of sp³-hybridized carbons (Fsp3) is 0.545. The van der Waals surface area contributed by atoms with Gasteiger partial charge in [0.1, 0.15) is 4.47 Å². The van der Waals surface area contributed by atoms with Crippen molar-refractivity contribution in [3.8, 4) is 0 Å². The molecule has 1 heterocycles. The van der Waals surface area contributed by atoms with Crippen LogP contribution in [-0.4, -0.2) is 22.3 Å². The molecule has 7 heteroatoms. The van der Waals surface area contributed by atoms with Gasteiger partial charge in [-0.05, 0) is 36.2 Å². The van der Waals surface area contributed by atoms with E-state index in [0.29, 0.717) is 6.42 Å². The molecule has 0 amide bonds. The topological polar surface area (TPSA) is 70.3 Å². The third-order valence-corrected chi connectivity index (χ3v) is 3.76. The fourth-order valence-corrected chi connectivity index (χ4v) is 1.94. The highest BCUT2D eigenvalue weighted by atomic mass is 79.9. The van der Waals surface area contributed by atoms with Crippen LogP contribution < -0.4 is 11.2 Å². The molecule has 0 aliphatic heterocycles. The maximum absolute atomic E-state index is 12.2. The van der Waals surface area contributed by atoms with Gasteiger partial charge in [-0.1, -0.05) is 6.92 Å². The van der Waals surface area contributed by atoms with Gasteiger partial charge in [0.25, 0.3) is 5.56 Å². The van der Waals surface area contributed by atoms with E-state index in [0.717, 1.165) is 9.13 Å². The number of carbonyl (C=O) groups is 1. The maximum atomic E-state index is 12.2. The Morgan fingerprint density at radius 1 is 1.44 bits per heavy atom. The first-order valence-corrected chi connectivity index (χ1v) is 6.28. The number of carbonyl (C=O) groups excluding carboxylic acids is 1. The second-order valence-electron chi connectivity index (χ2n) is 3.92. The molecule has 1 atom stereocenters. The average Bonchev–Trinajstić information content (AvgIpc) is 2.35. The molecule has 0 saturated heterocycles. The maximum Gasteiger partial charge on any atom is 0.422 e. The summed E-state index contributed by atoms with van der Waals surface area (Å²) in [5.74, 6) is 0. The molecule has 18 heavy (non-hydrogen) atoms. The van der Waals surface area contributed by atoms with Crippen LogP contribution in [0.25, 0.3) is 0 Å². The van der Waals surface area contributed by atoms with Gasteiger partial charge in [-0.15, -0.1) is 0 Å². The second kappa shape index (κ2) is 5.51. The number of methoxy groups -OCH3 is 1. The smallest absolute Gasteiger partial charge is 0.422 e. The molecule has 1 rings (SSSR count). The first-order valence-electron chi connectivity index (χ1n) is 5.48. The molecular weight excluding hydrogens is 304 g/mol. The molecule has 0 aliphatic carbocycles. The number of hydrogen-bond donors (Lipinski definition) is 0. The van der Waals surface area contributed by atoms with E-state index < -0.39 is 17.3 Å². The van der Waals surface area contributed by atoms with Gasteiger partial charge in [-0.2, -0.15) is 4.57 Å². The monoisotopic (exact) mass is 318 g/mol. The van der Waals surface area contributed by atoms with Crippen molar-refractivity contribution in [2.45, 2.75) is 33.2 Å². The summed E-state index contributed by atoms with van der Waals surface area (Å²) in [6, 6.07) is -0.294. The van der Waals surface area contributed by atoms with E-state index in [4.69, 9.17) is 0 Å². The molecule has 0 aliphatic rings. The molecular formula is C11H15BrN2O4. The first kappa shape index (κ1) is 14.7. The van der Waals surface area contributed by atoms with Crippen LogP contribution in [-0.2, 0) is 4.74 Å². The van der Waals surface area contributed by atoms with E-state index in [9.17, 15) is 14.4 Å². The summed E-state index contributed by atoms with van der Waals surface area (Å²) in [5, 5.41) is 0. The number of aromatic nitrogens is 2. The van der Waals surface area contributed by atoms with Gasteiger partial charge in [0.05, 0.1) is 12.8 Å². The highest BCUT2D eigenvalue weighted by Crippen LogP contribution is 2.11. The van der Waals surface area contributed by atoms with Crippen LogP contribution in [0.15, 0.2) is 14.1 Å². The number of nitrogens with zero attached hydrogens (tertiary/aromatic N) is 2. The van der Waals surface area contributed by atoms with Crippen LogP contribution in [0.3, 0.4) is 0 Å². The molecule has 0 spiro atoms. The summed E-state index contributed by atoms with van der Waals surface area (Å²) in [5.41, 5.74) is -0.884. The second-order valence-corrected chi connectivity index (χ2v) is 4.71. The van der Waals surface area contributed by atoms with Crippen LogP contribution in [0, 0.1) is 6.92 Å². The normalized spacial score (nSPS) is 12.3. The van der Waals surface area contributed by atoms with E-state index in [1.807, 2.05) is 6.92 Å². The molecule has 6 nitrogen and oxygen atoms in total. The summed E-state index contributed by atoms with van der Waals surface area (Å²) >= 11 is 3.11. The lowest BCUT2D eigenvalue weighted by molar-refractivity contribution is 0.169. The van der Waals surface area contributed by atoms with Crippen molar-refractivity contribution in [2.75, 3.05) is 7.11 Å². The van der Waals surface area contributed by atoms with Crippen LogP contribution >= 0.6 is 15.9 Å². The highest BCUT2D eigenvalue weighted by molar-refractivity contribution is 9.10. The Morgan fingerprint density at radius 2 is 2.00 bits per heavy atom. The van der Waals surface area contributed by atoms with Gasteiger partial charge in [0.15, 0.2) is 0 Å². The molecule has 1 unspecified atom stereocenters. The summed E-state index contributed by atoms with van der Waals surface area (Å²) in [6.45, 7) is 5.10. The van der Waals surface area contributed by atoms with Crippen LogP contribution in [0.4, 0.5) is 4.79 Å². The SMILES string of the molecule is CCC(C)n1c(=O)c(Br)c(C)n(C(=O)OC)c1=O. The molecule has 0 bridgehead atoms. The van der Waals surface area contributed by atoms with Crippen molar-refractivity contribution in [3.63, 3.8) is 0 Å². The lowest BCUT2D eigenvalue weighted by Gasteiger charge is -2.16. The van der Waals surface area contributed by atoms with Crippen molar-refractivity contribution in [1.82, 2.24) is 9.13 Å². The van der Waals surface area contributed by atoms with Gasteiger partial charge in [-0.25, -0.2) is 9.59 Å². The van der Waals surface area contributed by atoms with Gasteiger partial charge in [0.2, 0.25) is 0 Å². The van der Waals surface area contributed by atoms with E-state index in [2.05, 4.69) is 20.7 Å². The predicted molar refractivity (Wildman–Crippen MR) is 70.2 cm³/mol. The molecule has 1 aromatic heterocycles. The predicted octanol–water partition coefficient (Wildman–Crippen LogP) is 1.67. The van der Waals surface area contributed by atoms with E-state index in [1.54, 1.807) is 6.92 Å². The Morgan fingerprint density at radius 3 is 2.44 bits per heavy atom. The minimum absolute atomic E-state index is 0.188. The Balaban J connectivity index is 3.77. The van der Waals surface area contributed by atoms with Crippen molar-refractivity contribution in [2.24, 2.45) is 0 Å². The Labute approximate surface area is 112 Å². The van der Waals surface area contributed by atoms with E-state index in [1.165, 1.54) is 14.0 Å². The Kier molecular flexibility index (Phi) is 4.50. The molecule has 0 saturated carbocycles. The van der Waals surface area contributed by atoms with Gasteiger partial charge in [0, 0.05) is 6.04 Å². The van der Waals surface area contributed by atoms with Crippen molar-refractivity contribution in [1.29, 1.82) is 0 Å². The zero-order chi connectivity index (χ0) is 14.0. The van der Waals surface area contributed by atoms with Gasteiger partial charge < -0.3 is 4.74 Å². The minimum Gasteiger partial charge on any atom is -0.452 e. The third-order valence-electron chi connectivity index (χ3n) is 2.85. The van der Waals surface area contributed by atoms with Gasteiger partial charge >= 0.3 is 11.8 Å².